The van der Waals surface area contributed by atoms with Gasteiger partial charge in [0.15, 0.2) is 0 Å². The zero-order valence-electron chi connectivity index (χ0n) is 8.34. The topological polar surface area (TPSA) is 42.0 Å². The molecule has 0 aliphatic carbocycles. The van der Waals surface area contributed by atoms with Crippen molar-refractivity contribution in [3.05, 3.63) is 28.5 Å². The number of alkyl halides is 1. The molecule has 3 nitrogen and oxygen atoms in total. The summed E-state index contributed by atoms with van der Waals surface area (Å²) in [7, 11) is 0. The molecule has 0 fully saturated rings. The molecule has 1 atom stereocenters. The molecule has 1 aromatic rings. The van der Waals surface area contributed by atoms with Crippen molar-refractivity contribution in [1.82, 2.24) is 10.3 Å². The van der Waals surface area contributed by atoms with Crippen LogP contribution in [0, 0.1) is 0 Å². The number of amides is 1. The van der Waals surface area contributed by atoms with Crippen molar-refractivity contribution in [2.45, 2.75) is 18.7 Å². The first-order valence-corrected chi connectivity index (χ1v) is 5.89. The first kappa shape index (κ1) is 12.5. The van der Waals surface area contributed by atoms with E-state index in [0.717, 1.165) is 10.9 Å². The molecule has 0 radical (unpaired) electrons. The van der Waals surface area contributed by atoms with Crippen LogP contribution < -0.4 is 5.32 Å². The minimum atomic E-state index is -0.150. The van der Waals surface area contributed by atoms with Crippen LogP contribution in [0.5, 0.6) is 0 Å². The third-order valence-electron chi connectivity index (χ3n) is 1.89. The van der Waals surface area contributed by atoms with Gasteiger partial charge in [0.05, 0.1) is 10.9 Å². The highest BCUT2D eigenvalue weighted by molar-refractivity contribution is 9.10. The number of hydrogen-bond acceptors (Lipinski definition) is 2. The molecule has 1 aromatic heterocycles. The fourth-order valence-corrected chi connectivity index (χ4v) is 1.43. The van der Waals surface area contributed by atoms with Gasteiger partial charge in [0.2, 0.25) is 0 Å². The summed E-state index contributed by atoms with van der Waals surface area (Å²) in [6.07, 6.45) is 3.99. The predicted octanol–water partition coefficient (Wildman–Crippen LogP) is 2.59. The van der Waals surface area contributed by atoms with Crippen LogP contribution in [-0.2, 0) is 0 Å². The van der Waals surface area contributed by atoms with Crippen LogP contribution in [0.25, 0.3) is 0 Å². The Morgan fingerprint density at radius 2 is 2.40 bits per heavy atom. The molecule has 0 aliphatic rings. The van der Waals surface area contributed by atoms with Crippen LogP contribution in [0.3, 0.4) is 0 Å². The van der Waals surface area contributed by atoms with E-state index in [2.05, 4.69) is 26.2 Å². The summed E-state index contributed by atoms with van der Waals surface area (Å²) in [6.45, 7) is 2.45. The first-order valence-electron chi connectivity index (χ1n) is 4.66. The number of rotatable bonds is 4. The Morgan fingerprint density at radius 3 is 3.00 bits per heavy atom. The van der Waals surface area contributed by atoms with Gasteiger partial charge < -0.3 is 5.32 Å². The van der Waals surface area contributed by atoms with Gasteiger partial charge in [0.1, 0.15) is 0 Å². The van der Waals surface area contributed by atoms with Gasteiger partial charge >= 0.3 is 0 Å². The van der Waals surface area contributed by atoms with Crippen molar-refractivity contribution >= 4 is 33.4 Å². The molecule has 15 heavy (non-hydrogen) atoms. The first-order chi connectivity index (χ1) is 7.13. The third kappa shape index (κ3) is 4.18. The lowest BCUT2D eigenvalue weighted by atomic mass is 10.2. The van der Waals surface area contributed by atoms with Gasteiger partial charge in [-0.25, -0.2) is 0 Å². The fraction of sp³-hybridized carbons (Fsp3) is 0.400. The Bertz CT molecular complexity index is 346. The van der Waals surface area contributed by atoms with Crippen molar-refractivity contribution in [1.29, 1.82) is 0 Å². The molecule has 0 saturated carbocycles. The monoisotopic (exact) mass is 290 g/mol. The number of carbonyl (C=O) groups is 1. The van der Waals surface area contributed by atoms with E-state index in [9.17, 15) is 4.79 Å². The van der Waals surface area contributed by atoms with Gasteiger partial charge in [0.25, 0.3) is 5.91 Å². The van der Waals surface area contributed by atoms with Crippen LogP contribution in [0.1, 0.15) is 23.7 Å². The van der Waals surface area contributed by atoms with E-state index < -0.39 is 0 Å². The summed E-state index contributed by atoms with van der Waals surface area (Å²) in [5.74, 6) is -0.150. The average Bonchev–Trinajstić information content (AvgIpc) is 2.25. The van der Waals surface area contributed by atoms with Crippen molar-refractivity contribution < 1.29 is 4.79 Å². The van der Waals surface area contributed by atoms with E-state index in [-0.39, 0.29) is 11.3 Å². The Kier molecular flexibility index (Phi) is 5.05. The lowest BCUT2D eigenvalue weighted by Crippen LogP contribution is -2.29. The summed E-state index contributed by atoms with van der Waals surface area (Å²) < 4.78 is 0.785. The highest BCUT2D eigenvalue weighted by atomic mass is 79.9. The molecule has 0 aromatic carbocycles. The summed E-state index contributed by atoms with van der Waals surface area (Å²) in [5.41, 5.74) is 0.532. The summed E-state index contributed by atoms with van der Waals surface area (Å²) in [4.78, 5) is 15.5. The number of pyridine rings is 1. The van der Waals surface area contributed by atoms with Gasteiger partial charge in [-0.15, -0.1) is 11.6 Å². The largest absolute Gasteiger partial charge is 0.351 e. The lowest BCUT2D eigenvalue weighted by molar-refractivity contribution is 0.0953. The number of hydrogen-bond donors (Lipinski definition) is 1. The van der Waals surface area contributed by atoms with Gasteiger partial charge in [-0.05, 0) is 28.4 Å². The number of halogens is 2. The van der Waals surface area contributed by atoms with Crippen LogP contribution in [0.4, 0.5) is 0 Å². The fourth-order valence-electron chi connectivity index (χ4n) is 0.986. The smallest absolute Gasteiger partial charge is 0.252 e. The van der Waals surface area contributed by atoms with E-state index in [4.69, 9.17) is 11.6 Å². The maximum atomic E-state index is 11.6. The maximum absolute atomic E-state index is 11.6. The zero-order chi connectivity index (χ0) is 11.3. The van der Waals surface area contributed by atoms with Crippen molar-refractivity contribution in [3.8, 4) is 0 Å². The quantitative estimate of drug-likeness (QED) is 0.867. The molecule has 0 spiro atoms. The van der Waals surface area contributed by atoms with E-state index in [0.29, 0.717) is 12.1 Å². The molecular formula is C10H12BrClN2O. The molecule has 0 aliphatic heterocycles. The zero-order valence-corrected chi connectivity index (χ0v) is 10.7. The Labute approximate surface area is 102 Å². The number of carbonyl (C=O) groups excluding carboxylic acids is 1. The molecule has 1 unspecified atom stereocenters. The molecular weight excluding hydrogens is 279 g/mol. The SMILES string of the molecule is CCC(Cl)CNC(=O)c1cncc(Br)c1. The molecule has 0 bridgehead atoms. The molecule has 1 heterocycles. The number of nitrogens with zero attached hydrogens (tertiary/aromatic N) is 1. The second-order valence-corrected chi connectivity index (χ2v) is 4.64. The Morgan fingerprint density at radius 1 is 1.67 bits per heavy atom. The second-order valence-electron chi connectivity index (χ2n) is 3.11. The summed E-state index contributed by atoms with van der Waals surface area (Å²) in [6, 6.07) is 1.72. The van der Waals surface area contributed by atoms with Gasteiger partial charge in [0, 0.05) is 23.4 Å². The number of aromatic nitrogens is 1. The van der Waals surface area contributed by atoms with E-state index in [1.165, 1.54) is 6.20 Å². The van der Waals surface area contributed by atoms with Crippen molar-refractivity contribution in [2.24, 2.45) is 0 Å². The molecule has 1 rings (SSSR count). The van der Waals surface area contributed by atoms with Crippen molar-refractivity contribution in [3.63, 3.8) is 0 Å². The van der Waals surface area contributed by atoms with Crippen molar-refractivity contribution in [2.75, 3.05) is 6.54 Å². The highest BCUT2D eigenvalue weighted by Crippen LogP contribution is 2.09. The second kappa shape index (κ2) is 6.08. The normalized spacial score (nSPS) is 12.2. The standard InChI is InChI=1S/C10H12BrClN2O/c1-2-9(12)6-14-10(15)7-3-8(11)5-13-4-7/h3-5,9H,2,6H2,1H3,(H,14,15). The molecule has 1 amide bonds. The molecule has 82 valence electrons. The van der Waals surface area contributed by atoms with Crippen LogP contribution in [-0.4, -0.2) is 22.8 Å². The number of nitrogens with one attached hydrogen (secondary N) is 1. The van der Waals surface area contributed by atoms with Crippen LogP contribution in [0.2, 0.25) is 0 Å². The minimum Gasteiger partial charge on any atom is -0.351 e. The van der Waals surface area contributed by atoms with Gasteiger partial charge in [-0.1, -0.05) is 6.92 Å². The van der Waals surface area contributed by atoms with Crippen LogP contribution >= 0.6 is 27.5 Å². The predicted molar refractivity (Wildman–Crippen MR) is 64.2 cm³/mol. The minimum absolute atomic E-state index is 0.0194. The maximum Gasteiger partial charge on any atom is 0.252 e. The van der Waals surface area contributed by atoms with E-state index in [1.807, 2.05) is 6.92 Å². The molecule has 5 heteroatoms. The van der Waals surface area contributed by atoms with E-state index >= 15 is 0 Å². The summed E-state index contributed by atoms with van der Waals surface area (Å²) >= 11 is 9.14. The van der Waals surface area contributed by atoms with Gasteiger partial charge in [-0.3, -0.25) is 9.78 Å². The van der Waals surface area contributed by atoms with Crippen LogP contribution in [0.15, 0.2) is 22.9 Å². The Balaban J connectivity index is 2.54. The van der Waals surface area contributed by atoms with Gasteiger partial charge in [-0.2, -0.15) is 0 Å². The highest BCUT2D eigenvalue weighted by Gasteiger charge is 2.08. The lowest BCUT2D eigenvalue weighted by Gasteiger charge is -2.08. The Hall–Kier alpha value is -0.610. The molecule has 1 N–H and O–H groups in total. The average molecular weight is 292 g/mol. The van der Waals surface area contributed by atoms with E-state index in [1.54, 1.807) is 12.3 Å². The summed E-state index contributed by atoms with van der Waals surface area (Å²) in [5, 5.41) is 2.73. The molecule has 0 saturated heterocycles. The third-order valence-corrected chi connectivity index (χ3v) is 2.79.